The van der Waals surface area contributed by atoms with E-state index in [0.717, 1.165) is 0 Å². The first-order valence-electron chi connectivity index (χ1n) is 7.30. The van der Waals surface area contributed by atoms with Crippen LogP contribution in [0.3, 0.4) is 0 Å². The highest BCUT2D eigenvalue weighted by Gasteiger charge is 2.28. The largest absolute Gasteiger partial charge is 0.490 e. The van der Waals surface area contributed by atoms with Crippen LogP contribution in [0.2, 0.25) is 0 Å². The number of piperidine rings is 1. The lowest BCUT2D eigenvalue weighted by Crippen LogP contribution is -2.42. The lowest BCUT2D eigenvalue weighted by atomic mass is 10.1. The van der Waals surface area contributed by atoms with Crippen LogP contribution < -0.4 is 16.2 Å². The van der Waals surface area contributed by atoms with Crippen LogP contribution in [-0.2, 0) is 14.8 Å². The van der Waals surface area contributed by atoms with Crippen LogP contribution in [0.1, 0.15) is 12.8 Å². The van der Waals surface area contributed by atoms with E-state index in [0.29, 0.717) is 31.7 Å². The molecule has 0 aliphatic carbocycles. The number of carbonyl (C=O) groups excluding carboxylic acids is 1. The lowest BCUT2D eigenvalue weighted by Gasteiger charge is -2.29. The Morgan fingerprint density at radius 1 is 1.26 bits per heavy atom. The number of amides is 1. The Labute approximate surface area is 135 Å². The number of primary amides is 1. The summed E-state index contributed by atoms with van der Waals surface area (Å²) in [4.78, 5) is 10.6. The average Bonchev–Trinajstić information content (AvgIpc) is 2.52. The maximum atomic E-state index is 12.6. The van der Waals surface area contributed by atoms with Crippen molar-refractivity contribution in [2.45, 2.75) is 23.8 Å². The van der Waals surface area contributed by atoms with Crippen molar-refractivity contribution in [3.63, 3.8) is 0 Å². The summed E-state index contributed by atoms with van der Waals surface area (Å²) in [6.45, 7) is 0.920. The number of sulfonamides is 1. The van der Waals surface area contributed by atoms with Crippen LogP contribution in [0.15, 0.2) is 29.2 Å². The van der Waals surface area contributed by atoms with Gasteiger partial charge >= 0.3 is 6.09 Å². The average molecular weight is 343 g/mol. The van der Waals surface area contributed by atoms with Gasteiger partial charge < -0.3 is 20.9 Å². The molecular weight excluding hydrogens is 322 g/mol. The van der Waals surface area contributed by atoms with Gasteiger partial charge in [0.1, 0.15) is 19.0 Å². The maximum absolute atomic E-state index is 12.6. The molecule has 23 heavy (non-hydrogen) atoms. The molecule has 9 heteroatoms. The van der Waals surface area contributed by atoms with Gasteiger partial charge in [0.15, 0.2) is 0 Å². The topological polar surface area (TPSA) is 125 Å². The van der Waals surface area contributed by atoms with Gasteiger partial charge in [-0.25, -0.2) is 13.2 Å². The molecule has 0 saturated carbocycles. The molecule has 1 amide bonds. The minimum Gasteiger partial charge on any atom is -0.490 e. The Kier molecular flexibility index (Phi) is 5.80. The highest BCUT2D eigenvalue weighted by molar-refractivity contribution is 7.89. The normalized spacial score (nSPS) is 16.9. The Morgan fingerprint density at radius 2 is 1.96 bits per heavy atom. The van der Waals surface area contributed by atoms with Gasteiger partial charge in [-0.3, -0.25) is 0 Å². The third-order valence-corrected chi connectivity index (χ3v) is 5.43. The van der Waals surface area contributed by atoms with E-state index < -0.39 is 16.1 Å². The molecule has 0 bridgehead atoms. The molecule has 0 atom stereocenters. The van der Waals surface area contributed by atoms with E-state index in [2.05, 4.69) is 4.74 Å². The Balaban J connectivity index is 2.01. The molecule has 8 nitrogen and oxygen atoms in total. The number of carbonyl (C=O) groups is 1. The van der Waals surface area contributed by atoms with Crippen molar-refractivity contribution in [3.05, 3.63) is 24.3 Å². The number of hydrogen-bond acceptors (Lipinski definition) is 6. The van der Waals surface area contributed by atoms with Gasteiger partial charge in [-0.1, -0.05) is 6.07 Å². The van der Waals surface area contributed by atoms with Gasteiger partial charge in [-0.05, 0) is 25.0 Å². The molecule has 1 fully saturated rings. The molecular formula is C14H21N3O5S. The van der Waals surface area contributed by atoms with Crippen LogP contribution in [-0.4, -0.2) is 51.2 Å². The lowest BCUT2D eigenvalue weighted by molar-refractivity contribution is 0.133. The van der Waals surface area contributed by atoms with Crippen molar-refractivity contribution < 1.29 is 22.7 Å². The first kappa shape index (κ1) is 17.5. The first-order valence-corrected chi connectivity index (χ1v) is 8.74. The molecule has 0 spiro atoms. The van der Waals surface area contributed by atoms with E-state index in [4.69, 9.17) is 16.2 Å². The van der Waals surface area contributed by atoms with Crippen molar-refractivity contribution in [1.29, 1.82) is 0 Å². The van der Waals surface area contributed by atoms with Crippen molar-refractivity contribution in [2.24, 2.45) is 11.5 Å². The van der Waals surface area contributed by atoms with Gasteiger partial charge in [-0.15, -0.1) is 0 Å². The fraction of sp³-hybridized carbons (Fsp3) is 0.500. The molecule has 1 aromatic rings. The number of rotatable bonds is 6. The molecule has 1 aromatic carbocycles. The van der Waals surface area contributed by atoms with Gasteiger partial charge in [0, 0.05) is 25.2 Å². The summed E-state index contributed by atoms with van der Waals surface area (Å²) in [6, 6.07) is 6.27. The molecule has 0 aromatic heterocycles. The van der Waals surface area contributed by atoms with Crippen molar-refractivity contribution in [3.8, 4) is 5.75 Å². The smallest absolute Gasteiger partial charge is 0.404 e. The van der Waals surface area contributed by atoms with Gasteiger partial charge in [-0.2, -0.15) is 4.31 Å². The van der Waals surface area contributed by atoms with Crippen LogP contribution in [0.5, 0.6) is 5.75 Å². The summed E-state index contributed by atoms with van der Waals surface area (Å²) in [5, 5.41) is 0. The summed E-state index contributed by atoms with van der Waals surface area (Å²) in [5.41, 5.74) is 10.6. The van der Waals surface area contributed by atoms with E-state index in [-0.39, 0.29) is 24.2 Å². The summed E-state index contributed by atoms with van der Waals surface area (Å²) in [6.07, 6.45) is 0.424. The number of nitrogens with two attached hydrogens (primary N) is 2. The fourth-order valence-electron chi connectivity index (χ4n) is 2.29. The van der Waals surface area contributed by atoms with Crippen molar-refractivity contribution in [2.75, 3.05) is 26.3 Å². The van der Waals surface area contributed by atoms with Crippen LogP contribution in [0.4, 0.5) is 4.79 Å². The molecule has 0 unspecified atom stereocenters. The molecule has 128 valence electrons. The zero-order valence-electron chi connectivity index (χ0n) is 12.7. The van der Waals surface area contributed by atoms with Crippen molar-refractivity contribution >= 4 is 16.1 Å². The predicted molar refractivity (Wildman–Crippen MR) is 83.4 cm³/mol. The minimum absolute atomic E-state index is 0.00365. The molecule has 1 aliphatic heterocycles. The maximum Gasteiger partial charge on any atom is 0.404 e. The van der Waals surface area contributed by atoms with Crippen LogP contribution >= 0.6 is 0 Å². The Bertz CT molecular complexity index is 642. The first-order chi connectivity index (χ1) is 10.9. The quantitative estimate of drug-likeness (QED) is 0.714. The molecule has 4 N–H and O–H groups in total. The minimum atomic E-state index is -3.56. The fourth-order valence-corrected chi connectivity index (χ4v) is 3.80. The number of benzene rings is 1. The summed E-state index contributed by atoms with van der Waals surface area (Å²) in [5.74, 6) is 0.382. The van der Waals surface area contributed by atoms with E-state index in [1.54, 1.807) is 12.1 Å². The highest BCUT2D eigenvalue weighted by Crippen LogP contribution is 2.23. The molecule has 1 heterocycles. The third kappa shape index (κ3) is 4.81. The van der Waals surface area contributed by atoms with Gasteiger partial charge in [0.05, 0.1) is 4.90 Å². The van der Waals surface area contributed by atoms with E-state index in [1.165, 1.54) is 16.4 Å². The Morgan fingerprint density at radius 3 is 2.61 bits per heavy atom. The van der Waals surface area contributed by atoms with Crippen LogP contribution in [0, 0.1) is 0 Å². The second-order valence-corrected chi connectivity index (χ2v) is 7.17. The highest BCUT2D eigenvalue weighted by atomic mass is 32.2. The molecule has 1 saturated heterocycles. The third-order valence-electron chi connectivity index (χ3n) is 3.54. The molecule has 2 rings (SSSR count). The SMILES string of the molecule is NC(=O)OCCOc1cccc(S(=O)(=O)N2CCC(N)CC2)c1. The monoisotopic (exact) mass is 343 g/mol. The second kappa shape index (κ2) is 7.62. The van der Waals surface area contributed by atoms with Gasteiger partial charge in [0.25, 0.3) is 0 Å². The van der Waals surface area contributed by atoms with Crippen molar-refractivity contribution in [1.82, 2.24) is 4.31 Å². The van der Waals surface area contributed by atoms with E-state index in [9.17, 15) is 13.2 Å². The Hall–Kier alpha value is -1.84. The number of ether oxygens (including phenoxy) is 2. The van der Waals surface area contributed by atoms with E-state index in [1.807, 2.05) is 0 Å². The van der Waals surface area contributed by atoms with Gasteiger partial charge in [0.2, 0.25) is 10.0 Å². The summed E-state index contributed by atoms with van der Waals surface area (Å²) in [7, 11) is -3.56. The zero-order chi connectivity index (χ0) is 16.9. The summed E-state index contributed by atoms with van der Waals surface area (Å²) >= 11 is 0. The molecule has 1 aliphatic rings. The standard InChI is InChI=1S/C14H21N3O5S/c15-11-4-6-17(7-5-11)23(19,20)13-3-1-2-12(10-13)21-8-9-22-14(16)18/h1-3,10-11H,4-9,15H2,(H2,16,18). The summed E-state index contributed by atoms with van der Waals surface area (Å²) < 4.78 is 36.6. The zero-order valence-corrected chi connectivity index (χ0v) is 13.5. The second-order valence-electron chi connectivity index (χ2n) is 5.23. The molecule has 0 radical (unpaired) electrons. The number of hydrogen-bond donors (Lipinski definition) is 2. The van der Waals surface area contributed by atoms with E-state index >= 15 is 0 Å². The number of nitrogens with zero attached hydrogens (tertiary/aromatic N) is 1. The van der Waals surface area contributed by atoms with Crippen LogP contribution in [0.25, 0.3) is 0 Å². The predicted octanol–water partition coefficient (Wildman–Crippen LogP) is 0.273.